The first-order valence-corrected chi connectivity index (χ1v) is 15.2. The highest BCUT2D eigenvalue weighted by Gasteiger charge is 2.36. The molecule has 0 radical (unpaired) electrons. The number of rotatable bonds is 7. The Bertz CT molecular complexity index is 1540. The number of aromatic amines is 1. The van der Waals surface area contributed by atoms with E-state index in [2.05, 4.69) is 17.1 Å². The van der Waals surface area contributed by atoms with Crippen LogP contribution in [0.15, 0.2) is 64.3 Å². The number of fused-ring (bicyclic) bond motifs is 3. The van der Waals surface area contributed by atoms with Crippen LogP contribution in [0.2, 0.25) is 0 Å². The lowest BCUT2D eigenvalue weighted by molar-refractivity contribution is -0.127. The topological polar surface area (TPSA) is 123 Å². The summed E-state index contributed by atoms with van der Waals surface area (Å²) in [5.74, 6) is -0.126. The van der Waals surface area contributed by atoms with Gasteiger partial charge in [0.1, 0.15) is 12.7 Å². The van der Waals surface area contributed by atoms with Crippen LogP contribution < -0.4 is 11.2 Å². The summed E-state index contributed by atoms with van der Waals surface area (Å²) < 4.78 is 32.3. The zero-order valence-electron chi connectivity index (χ0n) is 22.3. The SMILES string of the molecule is Cc1cn([C@H]2CN(C(=O)OCC3c4ccccc4-c4ccccc43)C[C@@H](COP(=O)(Cl)N(C)C)O2)c(=O)[nH]c1=O. The van der Waals surface area contributed by atoms with Gasteiger partial charge in [-0.3, -0.25) is 18.9 Å². The minimum Gasteiger partial charge on any atom is -0.448 e. The van der Waals surface area contributed by atoms with E-state index in [9.17, 15) is 18.9 Å². The molecule has 2 aromatic carbocycles. The summed E-state index contributed by atoms with van der Waals surface area (Å²) in [4.78, 5) is 41.6. The molecular weight excluding hydrogens is 559 g/mol. The van der Waals surface area contributed by atoms with Gasteiger partial charge in [-0.2, -0.15) is 0 Å². The molecule has 40 heavy (non-hydrogen) atoms. The van der Waals surface area contributed by atoms with E-state index >= 15 is 0 Å². The molecule has 5 rings (SSSR count). The Morgan fingerprint density at radius 3 is 2.33 bits per heavy atom. The van der Waals surface area contributed by atoms with Gasteiger partial charge in [0.05, 0.1) is 19.7 Å². The Hall–Kier alpha value is -3.21. The molecule has 2 heterocycles. The van der Waals surface area contributed by atoms with Crippen LogP contribution in [0.25, 0.3) is 11.1 Å². The average molecular weight is 589 g/mol. The van der Waals surface area contributed by atoms with Crippen LogP contribution in [-0.4, -0.2) is 71.7 Å². The van der Waals surface area contributed by atoms with E-state index in [4.69, 9.17) is 25.2 Å². The molecule has 1 fully saturated rings. The standard InChI is InChI=1S/C27H30ClN4O7P/c1-17-12-32(26(34)29-25(17)33)24-14-31(13-18(39-24)15-38-40(28,36)30(2)3)27(35)37-16-23-21-10-6-4-8-19(21)20-9-5-7-11-22(20)23/h4-12,18,23-24H,13-16H2,1-3H3,(H,29,33,34)/t18-,24+,40?/m0/s1. The van der Waals surface area contributed by atoms with Gasteiger partial charge >= 0.3 is 18.7 Å². The van der Waals surface area contributed by atoms with E-state index in [0.29, 0.717) is 5.56 Å². The van der Waals surface area contributed by atoms with Crippen molar-refractivity contribution in [2.45, 2.75) is 25.2 Å². The second kappa shape index (κ2) is 11.3. The maximum absolute atomic E-state index is 13.4. The number of ether oxygens (including phenoxy) is 2. The Balaban J connectivity index is 1.36. The van der Waals surface area contributed by atoms with Crippen molar-refractivity contribution in [1.29, 1.82) is 0 Å². The van der Waals surface area contributed by atoms with Crippen molar-refractivity contribution in [3.63, 3.8) is 0 Å². The van der Waals surface area contributed by atoms with E-state index < -0.39 is 36.5 Å². The third-order valence-corrected chi connectivity index (χ3v) is 9.72. The summed E-state index contributed by atoms with van der Waals surface area (Å²) in [7, 11) is 3.04. The Morgan fingerprint density at radius 2 is 1.70 bits per heavy atom. The van der Waals surface area contributed by atoms with Gasteiger partial charge < -0.3 is 18.9 Å². The summed E-state index contributed by atoms with van der Waals surface area (Å²) in [5, 5.41) is 0. The van der Waals surface area contributed by atoms with Gasteiger partial charge in [0, 0.05) is 17.7 Å². The zero-order valence-corrected chi connectivity index (χ0v) is 23.9. The number of amides is 1. The molecule has 1 aromatic heterocycles. The van der Waals surface area contributed by atoms with Gasteiger partial charge in [0.25, 0.3) is 5.56 Å². The van der Waals surface area contributed by atoms with E-state index in [1.54, 1.807) is 6.92 Å². The molecule has 1 N–H and O–H groups in total. The molecule has 13 heteroatoms. The van der Waals surface area contributed by atoms with Crippen molar-refractivity contribution in [2.24, 2.45) is 0 Å². The molecule has 0 bridgehead atoms. The van der Waals surface area contributed by atoms with Crippen LogP contribution >= 0.6 is 18.1 Å². The summed E-state index contributed by atoms with van der Waals surface area (Å²) in [6.07, 6.45) is -0.974. The van der Waals surface area contributed by atoms with Crippen LogP contribution in [-0.2, 0) is 18.6 Å². The molecule has 3 atom stereocenters. The van der Waals surface area contributed by atoms with Crippen molar-refractivity contribution in [1.82, 2.24) is 19.1 Å². The van der Waals surface area contributed by atoms with Crippen molar-refractivity contribution in [3.8, 4) is 11.1 Å². The summed E-state index contributed by atoms with van der Waals surface area (Å²) in [6.45, 7) is -2.11. The van der Waals surface area contributed by atoms with E-state index in [1.807, 2.05) is 36.4 Å². The molecular formula is C27H30ClN4O7P. The smallest absolute Gasteiger partial charge is 0.410 e. The Morgan fingerprint density at radius 1 is 1.07 bits per heavy atom. The number of hydrogen-bond donors (Lipinski definition) is 1. The second-order valence-electron chi connectivity index (χ2n) is 9.99. The van der Waals surface area contributed by atoms with E-state index in [-0.39, 0.29) is 32.2 Å². The molecule has 2 aliphatic rings. The number of nitrogens with one attached hydrogen (secondary N) is 1. The van der Waals surface area contributed by atoms with Crippen LogP contribution in [0.4, 0.5) is 4.79 Å². The highest BCUT2D eigenvalue weighted by Crippen LogP contribution is 2.54. The summed E-state index contributed by atoms with van der Waals surface area (Å²) >= 11 is 6.01. The predicted molar refractivity (Wildman–Crippen MR) is 150 cm³/mol. The van der Waals surface area contributed by atoms with Crippen LogP contribution in [0.1, 0.15) is 28.8 Å². The van der Waals surface area contributed by atoms with Gasteiger partial charge in [-0.15, -0.1) is 0 Å². The first-order valence-electron chi connectivity index (χ1n) is 12.7. The monoisotopic (exact) mass is 588 g/mol. The highest BCUT2D eigenvalue weighted by atomic mass is 35.7. The van der Waals surface area contributed by atoms with Crippen LogP contribution in [0, 0.1) is 6.92 Å². The lowest BCUT2D eigenvalue weighted by Gasteiger charge is -2.38. The van der Waals surface area contributed by atoms with Gasteiger partial charge in [0.15, 0.2) is 6.23 Å². The van der Waals surface area contributed by atoms with Crippen molar-refractivity contribution < 1.29 is 23.4 Å². The number of halogens is 1. The molecule has 1 unspecified atom stereocenters. The molecule has 1 aliphatic heterocycles. The molecule has 0 saturated carbocycles. The number of carbonyl (C=O) groups is 1. The third-order valence-electron chi connectivity index (χ3n) is 7.10. The highest BCUT2D eigenvalue weighted by molar-refractivity contribution is 7.83. The van der Waals surface area contributed by atoms with Crippen molar-refractivity contribution in [2.75, 3.05) is 40.4 Å². The first-order chi connectivity index (χ1) is 19.0. The Labute approximate surface area is 235 Å². The van der Waals surface area contributed by atoms with E-state index in [0.717, 1.165) is 22.3 Å². The number of aromatic nitrogens is 2. The quantitative estimate of drug-likeness (QED) is 0.412. The second-order valence-corrected chi connectivity index (χ2v) is 13.2. The normalized spacial score (nSPS) is 20.2. The van der Waals surface area contributed by atoms with Gasteiger partial charge in [0.2, 0.25) is 0 Å². The van der Waals surface area contributed by atoms with Crippen molar-refractivity contribution in [3.05, 3.63) is 92.3 Å². The predicted octanol–water partition coefficient (Wildman–Crippen LogP) is 3.92. The lowest BCUT2D eigenvalue weighted by Crippen LogP contribution is -2.52. The van der Waals surface area contributed by atoms with Gasteiger partial charge in [-0.1, -0.05) is 48.5 Å². The molecule has 0 spiro atoms. The van der Waals surface area contributed by atoms with Crippen LogP contribution in [0.3, 0.4) is 0 Å². The van der Waals surface area contributed by atoms with Gasteiger partial charge in [-0.25, -0.2) is 14.3 Å². The number of H-pyrrole nitrogens is 1. The first kappa shape index (κ1) is 28.3. The third kappa shape index (κ3) is 5.66. The fraction of sp³-hybridized carbons (Fsp3) is 0.370. The largest absolute Gasteiger partial charge is 0.448 e. The van der Waals surface area contributed by atoms with Crippen LogP contribution in [0.5, 0.6) is 0 Å². The fourth-order valence-electron chi connectivity index (χ4n) is 4.99. The molecule has 3 aromatic rings. The number of hydrogen-bond acceptors (Lipinski definition) is 7. The summed E-state index contributed by atoms with van der Waals surface area (Å²) in [5.41, 5.74) is 3.49. The average Bonchev–Trinajstić information content (AvgIpc) is 3.26. The lowest BCUT2D eigenvalue weighted by atomic mass is 9.98. The molecule has 1 saturated heterocycles. The Kier molecular flexibility index (Phi) is 8.03. The zero-order chi connectivity index (χ0) is 28.6. The maximum atomic E-state index is 13.4. The number of morpholine rings is 1. The number of aryl methyl sites for hydroxylation is 1. The molecule has 11 nitrogen and oxygen atoms in total. The van der Waals surface area contributed by atoms with Crippen molar-refractivity contribution >= 4 is 24.2 Å². The molecule has 1 amide bonds. The molecule has 212 valence electrons. The summed E-state index contributed by atoms with van der Waals surface area (Å²) in [6, 6.07) is 16.1. The number of nitrogens with zero attached hydrogens (tertiary/aromatic N) is 3. The number of benzene rings is 2. The van der Waals surface area contributed by atoms with E-state index in [1.165, 1.54) is 34.4 Å². The van der Waals surface area contributed by atoms with Gasteiger partial charge in [-0.05, 0) is 54.5 Å². The minimum absolute atomic E-state index is 0.0230. The maximum Gasteiger partial charge on any atom is 0.410 e. The molecule has 1 aliphatic carbocycles. The minimum atomic E-state index is -3.60. The fourth-order valence-corrected chi connectivity index (χ4v) is 5.74. The number of carbonyl (C=O) groups excluding carboxylic acids is 1.